The van der Waals surface area contributed by atoms with Crippen molar-refractivity contribution in [3.8, 4) is 0 Å². The molecule has 0 bridgehead atoms. The Kier molecular flexibility index (Phi) is 11.7. The van der Waals surface area contributed by atoms with Gasteiger partial charge in [-0.25, -0.2) is 0 Å². The van der Waals surface area contributed by atoms with Gasteiger partial charge in [-0.15, -0.1) is 0 Å². The van der Waals surface area contributed by atoms with E-state index < -0.39 is 32.0 Å². The second-order valence-electron chi connectivity index (χ2n) is 6.78. The van der Waals surface area contributed by atoms with E-state index in [1.165, 1.54) is 48.5 Å². The van der Waals surface area contributed by atoms with E-state index in [0.29, 0.717) is 5.56 Å². The molecule has 3 aromatic rings. The average Bonchev–Trinajstić information content (AvgIpc) is 2.78. The maximum absolute atomic E-state index is 12.6. The van der Waals surface area contributed by atoms with Gasteiger partial charge in [-0.2, -0.15) is 16.8 Å². The molecule has 0 aliphatic rings. The normalized spacial score (nSPS) is 12.3. The van der Waals surface area contributed by atoms with Crippen LogP contribution in [-0.4, -0.2) is 37.7 Å². The summed E-state index contributed by atoms with van der Waals surface area (Å²) in [6, 6.07) is 13.5. The number of rotatable bonds is 7. The van der Waals surface area contributed by atoms with Gasteiger partial charge >= 0.3 is 59.1 Å². The molecule has 3 rings (SSSR count). The van der Waals surface area contributed by atoms with E-state index >= 15 is 0 Å². The van der Waals surface area contributed by atoms with Gasteiger partial charge in [0, 0.05) is 0 Å². The molecule has 0 radical (unpaired) electrons. The van der Waals surface area contributed by atoms with Crippen LogP contribution in [-0.2, 0) is 20.2 Å². The molecule has 14 heteroatoms. The molecule has 0 aliphatic heterocycles. The largest absolute Gasteiger partial charge is 1.00 e. The maximum atomic E-state index is 12.6. The molecular formula is C22H16N2Na2O8S2. The zero-order valence-corrected chi connectivity index (χ0v) is 24.8. The summed E-state index contributed by atoms with van der Waals surface area (Å²) in [5, 5.41) is 25.1. The molecule has 36 heavy (non-hydrogen) atoms. The van der Waals surface area contributed by atoms with E-state index in [-0.39, 0.29) is 91.4 Å². The predicted octanol–water partition coefficient (Wildman–Crippen LogP) is -4.29. The molecule has 0 aliphatic carbocycles. The number of benzene rings is 3. The van der Waals surface area contributed by atoms with Crippen molar-refractivity contribution < 1.29 is 95.3 Å². The molecule has 0 spiro atoms. The summed E-state index contributed by atoms with van der Waals surface area (Å²) in [7, 11) is -8.74. The standard InChI is InChI=1S/C22H18N2O8S2.2Na/c1-2-14-13-15(21(25)23-16-4-8-18(9-5-16)33(27,28)29)3-12-20(14)22(26)24-17-6-10-19(11-7-17)34(30,31)32;;/h2-13H,1H2,(H,23,25)(H,24,26)(H,27,28,29)(H,30,31,32);;/q;2*+1/p-2. The maximum Gasteiger partial charge on any atom is 1.00 e. The van der Waals surface area contributed by atoms with Crippen molar-refractivity contribution in [2.24, 2.45) is 9.98 Å². The van der Waals surface area contributed by atoms with Crippen LogP contribution in [0.15, 0.2) is 93.1 Å². The van der Waals surface area contributed by atoms with Crippen LogP contribution in [0.25, 0.3) is 6.08 Å². The summed E-state index contributed by atoms with van der Waals surface area (Å²) in [6.45, 7) is 3.63. The second-order valence-corrected chi connectivity index (χ2v) is 9.62. The minimum Gasteiger partial charge on any atom is -0.858 e. The molecule has 0 aromatic heterocycles. The Bertz CT molecular complexity index is 1520. The van der Waals surface area contributed by atoms with Gasteiger partial charge in [-0.3, -0.25) is 19.1 Å². The molecule has 0 atom stereocenters. The van der Waals surface area contributed by atoms with Gasteiger partial charge in [-0.05, 0) is 83.1 Å². The van der Waals surface area contributed by atoms with Gasteiger partial charge in [0.2, 0.25) is 0 Å². The monoisotopic (exact) mass is 546 g/mol. The zero-order valence-electron chi connectivity index (χ0n) is 19.2. The summed E-state index contributed by atoms with van der Waals surface area (Å²) >= 11 is 0. The number of nitrogens with zero attached hydrogens (tertiary/aromatic N) is 2. The molecule has 0 amide bonds. The van der Waals surface area contributed by atoms with Gasteiger partial charge in [0.05, 0.1) is 21.2 Å². The van der Waals surface area contributed by atoms with Crippen molar-refractivity contribution in [1.82, 2.24) is 0 Å². The zero-order chi connectivity index (χ0) is 25.1. The Labute approximate surface area is 252 Å². The van der Waals surface area contributed by atoms with Gasteiger partial charge in [-0.1, -0.05) is 24.8 Å². The minimum absolute atomic E-state index is 0. The molecule has 0 saturated heterocycles. The summed E-state index contributed by atoms with van der Waals surface area (Å²) < 4.78 is 62.4. The van der Waals surface area contributed by atoms with Crippen molar-refractivity contribution in [3.63, 3.8) is 0 Å². The quantitative estimate of drug-likeness (QED) is 0.129. The Hall–Kier alpha value is -1.84. The predicted molar refractivity (Wildman–Crippen MR) is 121 cm³/mol. The van der Waals surface area contributed by atoms with Crippen LogP contribution in [0.4, 0.5) is 11.4 Å². The third kappa shape index (κ3) is 8.35. The number of hydrogen-bond donors (Lipinski definition) is 2. The van der Waals surface area contributed by atoms with Crippen molar-refractivity contribution in [2.45, 2.75) is 9.79 Å². The van der Waals surface area contributed by atoms with Crippen LogP contribution >= 0.6 is 0 Å². The molecule has 10 nitrogen and oxygen atoms in total. The van der Waals surface area contributed by atoms with Gasteiger partial charge in [0.1, 0.15) is 0 Å². The Morgan fingerprint density at radius 1 is 0.722 bits per heavy atom. The Morgan fingerprint density at radius 3 is 1.53 bits per heavy atom. The molecule has 3 aromatic carbocycles. The molecule has 0 saturated carbocycles. The van der Waals surface area contributed by atoms with Crippen molar-refractivity contribution in [2.75, 3.05) is 0 Å². The van der Waals surface area contributed by atoms with Crippen LogP contribution in [0.1, 0.15) is 16.7 Å². The van der Waals surface area contributed by atoms with Crippen molar-refractivity contribution >= 4 is 49.5 Å². The van der Waals surface area contributed by atoms with Gasteiger partial charge in [0.25, 0.3) is 20.2 Å². The minimum atomic E-state index is -4.37. The summed E-state index contributed by atoms with van der Waals surface area (Å²) in [4.78, 5) is 7.08. The van der Waals surface area contributed by atoms with Gasteiger partial charge in [0.15, 0.2) is 0 Å². The Balaban J connectivity index is 0.00000324. The molecule has 0 fully saturated rings. The van der Waals surface area contributed by atoms with E-state index in [1.54, 1.807) is 0 Å². The van der Waals surface area contributed by atoms with Crippen LogP contribution in [0.5, 0.6) is 0 Å². The smallest absolute Gasteiger partial charge is 0.858 e. The molecule has 176 valence electrons. The molecular weight excluding hydrogens is 530 g/mol. The molecule has 0 unspecified atom stereocenters. The topological polar surface area (TPSA) is 180 Å². The number of hydrogen-bond acceptors (Lipinski definition) is 8. The van der Waals surface area contributed by atoms with E-state index in [0.717, 1.165) is 24.3 Å². The number of aliphatic imine (C=N–C) groups is 2. The van der Waals surface area contributed by atoms with Crippen LogP contribution in [0.3, 0.4) is 0 Å². The van der Waals surface area contributed by atoms with E-state index in [2.05, 4.69) is 16.6 Å². The first-order valence-corrected chi connectivity index (χ1v) is 12.2. The summed E-state index contributed by atoms with van der Waals surface area (Å²) in [6.07, 6.45) is 1.35. The van der Waals surface area contributed by atoms with E-state index in [9.17, 15) is 27.0 Å². The van der Waals surface area contributed by atoms with Crippen LogP contribution in [0.2, 0.25) is 0 Å². The van der Waals surface area contributed by atoms with Crippen molar-refractivity contribution in [3.05, 3.63) is 90.0 Å². The van der Waals surface area contributed by atoms with Gasteiger partial charge < -0.3 is 10.2 Å². The van der Waals surface area contributed by atoms with Crippen LogP contribution in [0, 0.1) is 0 Å². The van der Waals surface area contributed by atoms with E-state index in [1.807, 2.05) is 0 Å². The fourth-order valence-corrected chi connectivity index (χ4v) is 3.76. The first-order valence-electron chi connectivity index (χ1n) is 9.32. The van der Waals surface area contributed by atoms with Crippen molar-refractivity contribution in [1.29, 1.82) is 0 Å². The van der Waals surface area contributed by atoms with E-state index in [4.69, 9.17) is 9.11 Å². The van der Waals surface area contributed by atoms with Crippen LogP contribution < -0.4 is 69.3 Å². The SMILES string of the molecule is C=Cc1cc(C([O-])=Nc2ccc(S(=O)(=O)O)cc2)ccc1C([O-])=Nc1ccc(S(=O)(=O)O)cc1.[Na+].[Na+]. The summed E-state index contributed by atoms with van der Waals surface area (Å²) in [5.41, 5.74) is 0.855. The first kappa shape index (κ1) is 32.2. The Morgan fingerprint density at radius 2 is 1.14 bits per heavy atom. The third-order valence-corrected chi connectivity index (χ3v) is 6.22. The molecule has 0 heterocycles. The third-order valence-electron chi connectivity index (χ3n) is 4.48. The summed E-state index contributed by atoms with van der Waals surface area (Å²) in [5.74, 6) is -1.34. The fraction of sp³-hybridized carbons (Fsp3) is 0. The molecule has 2 N–H and O–H groups in total. The average molecular weight is 546 g/mol. The fourth-order valence-electron chi connectivity index (χ4n) is 2.80. The first-order chi connectivity index (χ1) is 15.9. The second kappa shape index (κ2) is 13.1.